The minimum atomic E-state index is -0.874. The number of hydrogen-bond acceptors (Lipinski definition) is 3. The summed E-state index contributed by atoms with van der Waals surface area (Å²) >= 11 is 2.96. The van der Waals surface area contributed by atoms with Crippen molar-refractivity contribution in [1.29, 1.82) is 0 Å². The van der Waals surface area contributed by atoms with E-state index in [1.54, 1.807) is 0 Å². The molecule has 0 bridgehead atoms. The molecule has 2 aromatic carbocycles. The second-order valence-corrected chi connectivity index (χ2v) is 6.93. The van der Waals surface area contributed by atoms with Crippen LogP contribution < -0.4 is 0 Å². The topological polar surface area (TPSA) is 37.3 Å². The minimum Gasteiger partial charge on any atom is -0.478 e. The van der Waals surface area contributed by atoms with Crippen LogP contribution in [0.5, 0.6) is 0 Å². The fourth-order valence-electron chi connectivity index (χ4n) is 2.02. The average Bonchev–Trinajstić information content (AvgIpc) is 2.47. The van der Waals surface area contributed by atoms with Crippen LogP contribution in [0, 0.1) is 0 Å². The van der Waals surface area contributed by atoms with Crippen LogP contribution in [0.15, 0.2) is 57.2 Å². The number of aromatic carboxylic acids is 1. The number of thioether (sulfide) groups is 1. The Labute approximate surface area is 134 Å². The molecule has 0 saturated heterocycles. The van der Waals surface area contributed by atoms with Gasteiger partial charge >= 0.3 is 5.97 Å². The van der Waals surface area contributed by atoms with Gasteiger partial charge < -0.3 is 5.11 Å². The Morgan fingerprint density at radius 1 is 1.05 bits per heavy atom. The summed E-state index contributed by atoms with van der Waals surface area (Å²) < 4.78 is 0. The van der Waals surface area contributed by atoms with Gasteiger partial charge in [-0.1, -0.05) is 43.8 Å². The van der Waals surface area contributed by atoms with Crippen LogP contribution >= 0.6 is 23.5 Å². The second-order valence-electron chi connectivity index (χ2n) is 4.96. The number of carboxylic acid groups (broad SMARTS) is 1. The lowest BCUT2D eigenvalue weighted by Gasteiger charge is -2.10. The van der Waals surface area contributed by atoms with Gasteiger partial charge in [-0.3, -0.25) is 0 Å². The predicted octanol–water partition coefficient (Wildman–Crippen LogP) is 5.38. The van der Waals surface area contributed by atoms with Crippen molar-refractivity contribution in [3.63, 3.8) is 0 Å². The maximum absolute atomic E-state index is 11.5. The van der Waals surface area contributed by atoms with Crippen LogP contribution in [0.25, 0.3) is 0 Å². The molecule has 0 saturated carbocycles. The predicted molar refractivity (Wildman–Crippen MR) is 89.8 cm³/mol. The van der Waals surface area contributed by atoms with Crippen LogP contribution in [-0.4, -0.2) is 17.3 Å². The number of rotatable bonds is 5. The lowest BCUT2D eigenvalue weighted by Crippen LogP contribution is -2.01. The summed E-state index contributed by atoms with van der Waals surface area (Å²) in [5.41, 5.74) is 1.68. The van der Waals surface area contributed by atoms with E-state index < -0.39 is 5.97 Å². The van der Waals surface area contributed by atoms with Crippen molar-refractivity contribution in [2.24, 2.45) is 0 Å². The van der Waals surface area contributed by atoms with Gasteiger partial charge in [-0.15, -0.1) is 11.8 Å². The van der Waals surface area contributed by atoms with Gasteiger partial charge in [0.15, 0.2) is 0 Å². The van der Waals surface area contributed by atoms with Gasteiger partial charge in [-0.05, 0) is 42.0 Å². The van der Waals surface area contributed by atoms with Gasteiger partial charge in [-0.2, -0.15) is 0 Å². The molecule has 4 heteroatoms. The highest BCUT2D eigenvalue weighted by Crippen LogP contribution is 2.35. The first-order valence-corrected chi connectivity index (χ1v) is 8.75. The van der Waals surface area contributed by atoms with E-state index >= 15 is 0 Å². The quantitative estimate of drug-likeness (QED) is 0.751. The summed E-state index contributed by atoms with van der Waals surface area (Å²) in [6.45, 7) is 4.32. The Morgan fingerprint density at radius 3 is 2.19 bits per heavy atom. The van der Waals surface area contributed by atoms with Gasteiger partial charge in [0, 0.05) is 14.7 Å². The molecule has 110 valence electrons. The summed E-state index contributed by atoms with van der Waals surface area (Å²) in [5, 5.41) is 9.45. The lowest BCUT2D eigenvalue weighted by atomic mass is 10.0. The Balaban J connectivity index is 2.33. The first kappa shape index (κ1) is 16.0. The summed E-state index contributed by atoms with van der Waals surface area (Å²) in [7, 11) is 0. The monoisotopic (exact) mass is 318 g/mol. The Bertz CT molecular complexity index is 634. The lowest BCUT2D eigenvalue weighted by molar-refractivity contribution is 0.0689. The van der Waals surface area contributed by atoms with Gasteiger partial charge in [0.1, 0.15) is 0 Å². The molecule has 0 atom stereocenters. The molecular formula is C17H18O2S2. The Morgan fingerprint density at radius 2 is 1.67 bits per heavy atom. The fraction of sp³-hybridized carbons (Fsp3) is 0.235. The van der Waals surface area contributed by atoms with E-state index in [0.717, 1.165) is 14.7 Å². The normalized spacial score (nSPS) is 10.9. The molecule has 2 aromatic rings. The largest absolute Gasteiger partial charge is 0.478 e. The summed E-state index contributed by atoms with van der Waals surface area (Å²) in [4.78, 5) is 14.1. The van der Waals surface area contributed by atoms with Gasteiger partial charge in [-0.25, -0.2) is 4.79 Å². The van der Waals surface area contributed by atoms with E-state index in [1.165, 1.54) is 29.1 Å². The molecule has 1 N–H and O–H groups in total. The van der Waals surface area contributed by atoms with Crippen LogP contribution in [0.3, 0.4) is 0 Å². The zero-order valence-electron chi connectivity index (χ0n) is 12.3. The highest BCUT2D eigenvalue weighted by atomic mass is 32.2. The molecule has 0 aliphatic rings. The van der Waals surface area contributed by atoms with Gasteiger partial charge in [0.05, 0.1) is 5.56 Å². The van der Waals surface area contributed by atoms with E-state index in [2.05, 4.69) is 38.1 Å². The molecule has 0 amide bonds. The van der Waals surface area contributed by atoms with Crippen LogP contribution in [0.4, 0.5) is 0 Å². The second kappa shape index (κ2) is 7.05. The van der Waals surface area contributed by atoms with E-state index in [0.29, 0.717) is 11.5 Å². The molecule has 21 heavy (non-hydrogen) atoms. The molecule has 2 rings (SSSR count). The first-order valence-electron chi connectivity index (χ1n) is 6.71. The van der Waals surface area contributed by atoms with Crippen molar-refractivity contribution in [1.82, 2.24) is 0 Å². The van der Waals surface area contributed by atoms with E-state index in [-0.39, 0.29) is 0 Å². The molecular weight excluding hydrogens is 300 g/mol. The van der Waals surface area contributed by atoms with Crippen LogP contribution in [0.1, 0.15) is 35.7 Å². The molecule has 0 fully saturated rings. The molecule has 2 nitrogen and oxygen atoms in total. The third kappa shape index (κ3) is 3.83. The molecule has 0 aliphatic heterocycles. The number of carbonyl (C=O) groups is 1. The Kier molecular flexibility index (Phi) is 5.37. The van der Waals surface area contributed by atoms with E-state index in [4.69, 9.17) is 0 Å². The van der Waals surface area contributed by atoms with Crippen molar-refractivity contribution in [3.05, 3.63) is 53.6 Å². The van der Waals surface area contributed by atoms with Crippen LogP contribution in [-0.2, 0) is 0 Å². The maximum Gasteiger partial charge on any atom is 0.337 e. The average molecular weight is 318 g/mol. The first-order chi connectivity index (χ1) is 10.0. The molecule has 0 aliphatic carbocycles. The number of benzene rings is 2. The zero-order valence-corrected chi connectivity index (χ0v) is 13.9. The summed E-state index contributed by atoms with van der Waals surface area (Å²) in [5.74, 6) is -0.375. The van der Waals surface area contributed by atoms with Crippen molar-refractivity contribution in [3.8, 4) is 0 Å². The van der Waals surface area contributed by atoms with Crippen molar-refractivity contribution >= 4 is 29.5 Å². The molecule has 0 aromatic heterocycles. The Hall–Kier alpha value is -1.39. The SMILES string of the molecule is CSc1cccc(Sc2ccc(C(C)C)cc2)c1C(=O)O. The van der Waals surface area contributed by atoms with Crippen molar-refractivity contribution in [2.45, 2.75) is 34.5 Å². The smallest absolute Gasteiger partial charge is 0.337 e. The van der Waals surface area contributed by atoms with E-state index in [9.17, 15) is 9.90 Å². The highest BCUT2D eigenvalue weighted by molar-refractivity contribution is 8.00. The highest BCUT2D eigenvalue weighted by Gasteiger charge is 2.15. The third-order valence-corrected chi connectivity index (χ3v) is 5.04. The molecule has 0 unspecified atom stereocenters. The third-order valence-electron chi connectivity index (χ3n) is 3.20. The van der Waals surface area contributed by atoms with E-state index in [1.807, 2.05) is 24.5 Å². The standard InChI is InChI=1S/C17H18O2S2/c1-11(2)12-7-9-13(10-8-12)21-15-6-4-5-14(20-3)16(15)17(18)19/h4-11H,1-3H3,(H,18,19). The minimum absolute atomic E-state index is 0.392. The molecule has 0 spiro atoms. The zero-order chi connectivity index (χ0) is 15.4. The number of carboxylic acids is 1. The molecule has 0 radical (unpaired) electrons. The fourth-order valence-corrected chi connectivity index (χ4v) is 3.68. The maximum atomic E-state index is 11.5. The van der Waals surface area contributed by atoms with Crippen molar-refractivity contribution in [2.75, 3.05) is 6.26 Å². The van der Waals surface area contributed by atoms with Crippen LogP contribution in [0.2, 0.25) is 0 Å². The van der Waals surface area contributed by atoms with Gasteiger partial charge in [0.2, 0.25) is 0 Å². The summed E-state index contributed by atoms with van der Waals surface area (Å²) in [6.07, 6.45) is 1.90. The number of hydrogen-bond donors (Lipinski definition) is 1. The van der Waals surface area contributed by atoms with Crippen molar-refractivity contribution < 1.29 is 9.90 Å². The summed E-state index contributed by atoms with van der Waals surface area (Å²) in [6, 6.07) is 13.9. The van der Waals surface area contributed by atoms with Gasteiger partial charge in [0.25, 0.3) is 0 Å². The molecule has 0 heterocycles.